The van der Waals surface area contributed by atoms with Crippen molar-refractivity contribution in [3.63, 3.8) is 0 Å². The first-order valence-corrected chi connectivity index (χ1v) is 11.8. The van der Waals surface area contributed by atoms with Gasteiger partial charge in [0.25, 0.3) is 5.69 Å². The summed E-state index contributed by atoms with van der Waals surface area (Å²) in [6.07, 6.45) is 2.78. The van der Waals surface area contributed by atoms with Gasteiger partial charge in [0.15, 0.2) is 11.5 Å². The normalized spacial score (nSPS) is 11.4. The molecule has 3 aromatic heterocycles. The maximum atomic E-state index is 11.3. The van der Waals surface area contributed by atoms with Gasteiger partial charge < -0.3 is 14.0 Å². The number of benzene rings is 2. The molecule has 0 aliphatic carbocycles. The van der Waals surface area contributed by atoms with Gasteiger partial charge in [0, 0.05) is 52.6 Å². The first kappa shape index (κ1) is 23.4. The second-order valence-electron chi connectivity index (χ2n) is 8.96. The molecule has 5 aromatic rings. The van der Waals surface area contributed by atoms with Crippen molar-refractivity contribution in [1.29, 1.82) is 0 Å². The molecule has 0 radical (unpaired) electrons. The van der Waals surface area contributed by atoms with Crippen LogP contribution < -0.4 is 9.47 Å². The van der Waals surface area contributed by atoms with E-state index in [1.807, 2.05) is 35.8 Å². The summed E-state index contributed by atoms with van der Waals surface area (Å²) in [6, 6.07) is 14.8. The monoisotopic (exact) mass is 484 g/mol. The molecule has 0 saturated heterocycles. The van der Waals surface area contributed by atoms with Crippen LogP contribution in [0.25, 0.3) is 27.4 Å². The van der Waals surface area contributed by atoms with E-state index in [1.54, 1.807) is 26.4 Å². The van der Waals surface area contributed by atoms with Crippen molar-refractivity contribution in [3.8, 4) is 22.6 Å². The number of hydrogen-bond acceptors (Lipinski definition) is 5. The second-order valence-corrected chi connectivity index (χ2v) is 8.96. The molecule has 0 atom stereocenters. The summed E-state index contributed by atoms with van der Waals surface area (Å²) in [6.45, 7) is 7.12. The third kappa shape index (κ3) is 3.84. The van der Waals surface area contributed by atoms with Gasteiger partial charge in [-0.3, -0.25) is 10.1 Å². The number of ether oxygens (including phenoxy) is 2. The summed E-state index contributed by atoms with van der Waals surface area (Å²) in [5.74, 6) is 1.45. The predicted molar refractivity (Wildman–Crippen MR) is 140 cm³/mol. The summed E-state index contributed by atoms with van der Waals surface area (Å²) in [5, 5.41) is 18.4. The largest absolute Gasteiger partial charge is 0.493 e. The van der Waals surface area contributed by atoms with Crippen molar-refractivity contribution in [2.24, 2.45) is 0 Å². The fraction of sp³-hybridized carbons (Fsp3) is 0.250. The van der Waals surface area contributed by atoms with Crippen LogP contribution in [0.3, 0.4) is 0 Å². The number of fused-ring (bicyclic) bond motifs is 3. The number of hydrogen-bond donors (Lipinski definition) is 0. The zero-order valence-corrected chi connectivity index (χ0v) is 21.0. The first-order valence-electron chi connectivity index (χ1n) is 11.8. The molecule has 8 nitrogen and oxygen atoms in total. The highest BCUT2D eigenvalue weighted by Gasteiger charge is 2.19. The van der Waals surface area contributed by atoms with Gasteiger partial charge in [-0.25, -0.2) is 4.52 Å². The molecule has 0 fully saturated rings. The van der Waals surface area contributed by atoms with E-state index in [4.69, 9.17) is 14.6 Å². The average Bonchev–Trinajstić information content (AvgIpc) is 3.41. The Labute approximate surface area is 208 Å². The van der Waals surface area contributed by atoms with Crippen LogP contribution in [0.2, 0.25) is 0 Å². The zero-order valence-electron chi connectivity index (χ0n) is 21.0. The minimum atomic E-state index is -0.369. The van der Waals surface area contributed by atoms with Crippen LogP contribution in [0.15, 0.2) is 54.7 Å². The van der Waals surface area contributed by atoms with Crippen LogP contribution in [0.1, 0.15) is 22.6 Å². The number of aryl methyl sites for hydroxylation is 4. The van der Waals surface area contributed by atoms with Gasteiger partial charge in [-0.05, 0) is 56.5 Å². The molecular weight excluding hydrogens is 456 g/mol. The second kappa shape index (κ2) is 9.03. The maximum absolute atomic E-state index is 11.3. The molecule has 0 aliphatic rings. The SMILES string of the molecule is COc1ccc(CCn2c(C)c3c(C)nn4cc(-c5cccc([N+](=O)[O-])c5)cc4c3c2C)cc1OC. The molecule has 3 heterocycles. The minimum absolute atomic E-state index is 0.0744. The van der Waals surface area contributed by atoms with Crippen LogP contribution in [-0.4, -0.2) is 33.3 Å². The van der Waals surface area contributed by atoms with Crippen molar-refractivity contribution in [1.82, 2.24) is 14.2 Å². The highest BCUT2D eigenvalue weighted by atomic mass is 16.6. The van der Waals surface area contributed by atoms with Crippen LogP contribution >= 0.6 is 0 Å². The predicted octanol–water partition coefficient (Wildman–Crippen LogP) is 6.05. The molecule has 2 aromatic carbocycles. The Hall–Kier alpha value is -4.33. The number of rotatable bonds is 7. The van der Waals surface area contributed by atoms with E-state index in [-0.39, 0.29) is 10.6 Å². The lowest BCUT2D eigenvalue weighted by Gasteiger charge is -2.12. The fourth-order valence-corrected chi connectivity index (χ4v) is 5.14. The topological polar surface area (TPSA) is 83.8 Å². The number of non-ortho nitro benzene ring substituents is 1. The number of nitro groups is 1. The van der Waals surface area contributed by atoms with E-state index in [2.05, 4.69) is 30.5 Å². The molecule has 184 valence electrons. The summed E-state index contributed by atoms with van der Waals surface area (Å²) in [4.78, 5) is 10.9. The van der Waals surface area contributed by atoms with E-state index in [1.165, 1.54) is 23.0 Å². The Kier molecular flexibility index (Phi) is 5.88. The van der Waals surface area contributed by atoms with Gasteiger partial charge in [0.2, 0.25) is 0 Å². The van der Waals surface area contributed by atoms with Crippen LogP contribution in [-0.2, 0) is 13.0 Å². The van der Waals surface area contributed by atoms with E-state index in [0.29, 0.717) is 0 Å². The summed E-state index contributed by atoms with van der Waals surface area (Å²) >= 11 is 0. The molecule has 0 aliphatic heterocycles. The maximum Gasteiger partial charge on any atom is 0.270 e. The number of nitro benzene ring substituents is 1. The van der Waals surface area contributed by atoms with Gasteiger partial charge in [-0.2, -0.15) is 5.10 Å². The lowest BCUT2D eigenvalue weighted by Crippen LogP contribution is -2.05. The third-order valence-corrected chi connectivity index (χ3v) is 6.92. The molecular formula is C28H28N4O4. The fourth-order valence-electron chi connectivity index (χ4n) is 5.14. The summed E-state index contributed by atoms with van der Waals surface area (Å²) in [5.41, 5.74) is 7.21. The molecule has 0 amide bonds. The lowest BCUT2D eigenvalue weighted by molar-refractivity contribution is -0.384. The summed E-state index contributed by atoms with van der Waals surface area (Å²) in [7, 11) is 3.29. The average molecular weight is 485 g/mol. The Morgan fingerprint density at radius 1 is 0.917 bits per heavy atom. The van der Waals surface area contributed by atoms with Crippen molar-refractivity contribution < 1.29 is 14.4 Å². The van der Waals surface area contributed by atoms with Gasteiger partial charge >= 0.3 is 0 Å². The van der Waals surface area contributed by atoms with E-state index < -0.39 is 0 Å². The van der Waals surface area contributed by atoms with Crippen LogP contribution in [0, 0.1) is 30.9 Å². The van der Waals surface area contributed by atoms with Crippen LogP contribution in [0.4, 0.5) is 5.69 Å². The molecule has 0 N–H and O–H groups in total. The van der Waals surface area contributed by atoms with Gasteiger partial charge in [0.05, 0.1) is 30.4 Å². The summed E-state index contributed by atoms with van der Waals surface area (Å²) < 4.78 is 15.1. The smallest absolute Gasteiger partial charge is 0.270 e. The van der Waals surface area contributed by atoms with Crippen molar-refractivity contribution in [2.75, 3.05) is 14.2 Å². The molecule has 0 bridgehead atoms. The molecule has 0 unspecified atom stereocenters. The van der Waals surface area contributed by atoms with E-state index in [9.17, 15) is 10.1 Å². The minimum Gasteiger partial charge on any atom is -0.493 e. The number of nitrogens with zero attached hydrogens (tertiary/aromatic N) is 4. The highest BCUT2D eigenvalue weighted by molar-refractivity contribution is 6.02. The quantitative estimate of drug-likeness (QED) is 0.207. The first-order chi connectivity index (χ1) is 17.3. The van der Waals surface area contributed by atoms with E-state index >= 15 is 0 Å². The number of methoxy groups -OCH3 is 2. The van der Waals surface area contributed by atoms with E-state index in [0.717, 1.165) is 57.6 Å². The lowest BCUT2D eigenvalue weighted by atomic mass is 10.1. The molecule has 5 rings (SSSR count). The third-order valence-electron chi connectivity index (χ3n) is 6.92. The molecule has 0 saturated carbocycles. The molecule has 8 heteroatoms. The van der Waals surface area contributed by atoms with Crippen LogP contribution in [0.5, 0.6) is 11.5 Å². The molecule has 0 spiro atoms. The van der Waals surface area contributed by atoms with Crippen molar-refractivity contribution in [3.05, 3.63) is 87.5 Å². The van der Waals surface area contributed by atoms with Crippen molar-refractivity contribution in [2.45, 2.75) is 33.7 Å². The Morgan fingerprint density at radius 2 is 1.67 bits per heavy atom. The standard InChI is InChI=1S/C28H28N4O4/c1-17-27-18(2)30(12-11-20-9-10-25(35-4)26(13-20)36-5)19(3)28(27)24-15-22(16-31(24)29-17)21-7-6-8-23(14-21)32(33)34/h6-10,13-16H,11-12H2,1-5H3. The Balaban J connectivity index is 1.57. The number of aromatic nitrogens is 3. The molecule has 36 heavy (non-hydrogen) atoms. The Bertz CT molecular complexity index is 1630. The van der Waals surface area contributed by atoms with Gasteiger partial charge in [-0.15, -0.1) is 0 Å². The van der Waals surface area contributed by atoms with Crippen molar-refractivity contribution >= 4 is 22.0 Å². The zero-order chi connectivity index (χ0) is 25.6. The highest BCUT2D eigenvalue weighted by Crippen LogP contribution is 2.35. The Morgan fingerprint density at radius 3 is 2.39 bits per heavy atom. The van der Waals surface area contributed by atoms with Gasteiger partial charge in [-0.1, -0.05) is 18.2 Å². The van der Waals surface area contributed by atoms with Gasteiger partial charge in [0.1, 0.15) is 0 Å².